The maximum absolute atomic E-state index is 12.7. The number of methoxy groups -OCH3 is 2. The fourth-order valence-corrected chi connectivity index (χ4v) is 3.65. The summed E-state index contributed by atoms with van der Waals surface area (Å²) in [7, 11) is 3.11. The lowest BCUT2D eigenvalue weighted by atomic mass is 10.1. The molecule has 7 nitrogen and oxygen atoms in total. The summed E-state index contributed by atoms with van der Waals surface area (Å²) in [6.07, 6.45) is 1.86. The van der Waals surface area contributed by atoms with Crippen molar-refractivity contribution in [1.29, 1.82) is 0 Å². The monoisotopic (exact) mass is 367 g/mol. The smallest absolute Gasteiger partial charge is 0.255 e. The Bertz CT molecular complexity index is 890. The van der Waals surface area contributed by atoms with Gasteiger partial charge in [-0.1, -0.05) is 0 Å². The lowest BCUT2D eigenvalue weighted by Gasteiger charge is -2.33. The Labute approximate surface area is 157 Å². The Kier molecular flexibility index (Phi) is 4.35. The first-order valence-electron chi connectivity index (χ1n) is 8.85. The molecule has 2 aliphatic rings. The summed E-state index contributed by atoms with van der Waals surface area (Å²) in [6.45, 7) is 0.861. The van der Waals surface area contributed by atoms with Crippen molar-refractivity contribution in [3.05, 3.63) is 42.0 Å². The van der Waals surface area contributed by atoms with Crippen molar-refractivity contribution in [2.75, 3.05) is 36.3 Å². The molecule has 1 atom stereocenters. The molecule has 4 rings (SSSR count). The number of nitrogens with zero attached hydrogens (tertiary/aromatic N) is 1. The minimum atomic E-state index is -0.272. The second-order valence-electron chi connectivity index (χ2n) is 6.63. The Morgan fingerprint density at radius 1 is 1.15 bits per heavy atom. The standard InChI is InChI=1S/C20H21N3O4/c1-26-14-9-13(10-15(11-14)27-2)21-19(24)12-5-6-17-16(8-12)22-20(25)18-4-3-7-23(17)18/h5-6,8-11,18H,3-4,7H2,1-2H3,(H,21,24)(H,22,25)/t18-/m0/s1. The predicted molar refractivity (Wildman–Crippen MR) is 103 cm³/mol. The molecular weight excluding hydrogens is 346 g/mol. The highest BCUT2D eigenvalue weighted by Crippen LogP contribution is 2.37. The van der Waals surface area contributed by atoms with Crippen molar-refractivity contribution >= 4 is 28.9 Å². The number of anilines is 3. The number of benzene rings is 2. The van der Waals surface area contributed by atoms with E-state index in [1.807, 2.05) is 6.07 Å². The van der Waals surface area contributed by atoms with Gasteiger partial charge in [0.15, 0.2) is 0 Å². The molecule has 0 aliphatic carbocycles. The molecule has 0 bridgehead atoms. The molecule has 0 spiro atoms. The lowest BCUT2D eigenvalue weighted by molar-refractivity contribution is -0.117. The van der Waals surface area contributed by atoms with Crippen molar-refractivity contribution in [2.45, 2.75) is 18.9 Å². The van der Waals surface area contributed by atoms with Crippen LogP contribution in [0.3, 0.4) is 0 Å². The van der Waals surface area contributed by atoms with E-state index < -0.39 is 0 Å². The topological polar surface area (TPSA) is 79.9 Å². The van der Waals surface area contributed by atoms with Gasteiger partial charge in [0.05, 0.1) is 25.6 Å². The van der Waals surface area contributed by atoms with Gasteiger partial charge in [0.2, 0.25) is 5.91 Å². The van der Waals surface area contributed by atoms with Gasteiger partial charge < -0.3 is 25.0 Å². The van der Waals surface area contributed by atoms with Crippen LogP contribution in [0.5, 0.6) is 11.5 Å². The number of hydrogen-bond acceptors (Lipinski definition) is 5. The average molecular weight is 367 g/mol. The molecule has 1 fully saturated rings. The number of carbonyl (C=O) groups excluding carboxylic acids is 2. The zero-order valence-electron chi connectivity index (χ0n) is 15.2. The summed E-state index contributed by atoms with van der Waals surface area (Å²) in [4.78, 5) is 27.1. The third kappa shape index (κ3) is 3.16. The van der Waals surface area contributed by atoms with Crippen LogP contribution >= 0.6 is 0 Å². The van der Waals surface area contributed by atoms with E-state index in [9.17, 15) is 9.59 Å². The SMILES string of the molecule is COc1cc(NC(=O)c2ccc3c(c2)NC(=O)[C@@H]2CCCN32)cc(OC)c1. The van der Waals surface area contributed by atoms with Crippen molar-refractivity contribution in [3.8, 4) is 11.5 Å². The summed E-state index contributed by atoms with van der Waals surface area (Å²) in [5, 5.41) is 5.77. The van der Waals surface area contributed by atoms with E-state index >= 15 is 0 Å². The van der Waals surface area contributed by atoms with Gasteiger partial charge in [-0.25, -0.2) is 0 Å². The van der Waals surface area contributed by atoms with E-state index in [-0.39, 0.29) is 17.9 Å². The van der Waals surface area contributed by atoms with E-state index in [1.165, 1.54) is 0 Å². The fraction of sp³-hybridized carbons (Fsp3) is 0.300. The zero-order chi connectivity index (χ0) is 19.0. The molecular formula is C20H21N3O4. The normalized spacial score (nSPS) is 17.6. The fourth-order valence-electron chi connectivity index (χ4n) is 3.65. The van der Waals surface area contributed by atoms with Gasteiger partial charge in [0.1, 0.15) is 17.5 Å². The molecule has 2 aromatic rings. The largest absolute Gasteiger partial charge is 0.497 e. The Balaban J connectivity index is 1.59. The number of nitrogens with one attached hydrogen (secondary N) is 2. The third-order valence-electron chi connectivity index (χ3n) is 4.99. The molecule has 2 aromatic carbocycles. The highest BCUT2D eigenvalue weighted by atomic mass is 16.5. The highest BCUT2D eigenvalue weighted by Gasteiger charge is 2.36. The minimum absolute atomic E-state index is 0.00455. The van der Waals surface area contributed by atoms with Gasteiger partial charge in [-0.2, -0.15) is 0 Å². The number of ether oxygens (including phenoxy) is 2. The van der Waals surface area contributed by atoms with Crippen LogP contribution in [-0.2, 0) is 4.79 Å². The van der Waals surface area contributed by atoms with Gasteiger partial charge in [-0.05, 0) is 31.0 Å². The molecule has 2 N–H and O–H groups in total. The van der Waals surface area contributed by atoms with E-state index in [4.69, 9.17) is 9.47 Å². The van der Waals surface area contributed by atoms with E-state index in [1.54, 1.807) is 44.6 Å². The van der Waals surface area contributed by atoms with Crippen molar-refractivity contribution in [2.24, 2.45) is 0 Å². The molecule has 140 valence electrons. The maximum atomic E-state index is 12.7. The number of fused-ring (bicyclic) bond motifs is 3. The number of rotatable bonds is 4. The van der Waals surface area contributed by atoms with Crippen LogP contribution in [0.4, 0.5) is 17.1 Å². The molecule has 0 aromatic heterocycles. The summed E-state index contributed by atoms with van der Waals surface area (Å²) in [6, 6.07) is 10.5. The van der Waals surface area contributed by atoms with Crippen molar-refractivity contribution in [1.82, 2.24) is 0 Å². The number of hydrogen-bond donors (Lipinski definition) is 2. The molecule has 0 unspecified atom stereocenters. The van der Waals surface area contributed by atoms with Gasteiger partial charge in [-0.15, -0.1) is 0 Å². The quantitative estimate of drug-likeness (QED) is 0.869. The molecule has 27 heavy (non-hydrogen) atoms. The molecule has 1 saturated heterocycles. The number of amides is 2. The first-order chi connectivity index (χ1) is 13.1. The minimum Gasteiger partial charge on any atom is -0.497 e. The van der Waals surface area contributed by atoms with Crippen LogP contribution in [-0.4, -0.2) is 38.6 Å². The predicted octanol–water partition coefficient (Wildman–Crippen LogP) is 2.88. The lowest BCUT2D eigenvalue weighted by Crippen LogP contribution is -2.43. The van der Waals surface area contributed by atoms with Crippen LogP contribution < -0.4 is 25.0 Å². The van der Waals surface area contributed by atoms with Gasteiger partial charge in [0.25, 0.3) is 5.91 Å². The van der Waals surface area contributed by atoms with Crippen LogP contribution in [0, 0.1) is 0 Å². The van der Waals surface area contributed by atoms with Crippen LogP contribution in [0.15, 0.2) is 36.4 Å². The Hall–Kier alpha value is -3.22. The van der Waals surface area contributed by atoms with Gasteiger partial charge in [-0.3, -0.25) is 9.59 Å². The average Bonchev–Trinajstić information content (AvgIpc) is 3.18. The molecule has 7 heteroatoms. The third-order valence-corrected chi connectivity index (χ3v) is 4.99. The van der Waals surface area contributed by atoms with Gasteiger partial charge >= 0.3 is 0 Å². The summed E-state index contributed by atoms with van der Waals surface area (Å²) in [5.41, 5.74) is 2.68. The number of carbonyl (C=O) groups is 2. The molecule has 0 radical (unpaired) electrons. The maximum Gasteiger partial charge on any atom is 0.255 e. The van der Waals surface area contributed by atoms with Crippen molar-refractivity contribution < 1.29 is 19.1 Å². The Morgan fingerprint density at radius 3 is 2.59 bits per heavy atom. The molecule has 0 saturated carbocycles. The van der Waals surface area contributed by atoms with Crippen LogP contribution in [0.25, 0.3) is 0 Å². The Morgan fingerprint density at radius 2 is 1.89 bits per heavy atom. The van der Waals surface area contributed by atoms with E-state index in [0.717, 1.165) is 25.1 Å². The van der Waals surface area contributed by atoms with Gasteiger partial charge in [0, 0.05) is 36.0 Å². The second kappa shape index (κ2) is 6.83. The summed E-state index contributed by atoms with van der Waals surface area (Å²) >= 11 is 0. The van der Waals surface area contributed by atoms with Crippen LogP contribution in [0.1, 0.15) is 23.2 Å². The summed E-state index contributed by atoms with van der Waals surface area (Å²) < 4.78 is 10.5. The second-order valence-corrected chi connectivity index (χ2v) is 6.63. The first kappa shape index (κ1) is 17.2. The molecule has 2 aliphatic heterocycles. The summed E-state index contributed by atoms with van der Waals surface area (Å²) in [5.74, 6) is 0.894. The van der Waals surface area contributed by atoms with E-state index in [2.05, 4.69) is 15.5 Å². The molecule has 2 amide bonds. The van der Waals surface area contributed by atoms with E-state index in [0.29, 0.717) is 28.4 Å². The highest BCUT2D eigenvalue weighted by molar-refractivity contribution is 6.09. The van der Waals surface area contributed by atoms with Crippen LogP contribution in [0.2, 0.25) is 0 Å². The zero-order valence-corrected chi connectivity index (χ0v) is 15.2. The molecule has 2 heterocycles. The van der Waals surface area contributed by atoms with Crippen molar-refractivity contribution in [3.63, 3.8) is 0 Å². The first-order valence-corrected chi connectivity index (χ1v) is 8.85.